The van der Waals surface area contributed by atoms with E-state index in [4.69, 9.17) is 9.26 Å². The summed E-state index contributed by atoms with van der Waals surface area (Å²) in [4.78, 5) is 13.4. The van der Waals surface area contributed by atoms with Crippen LogP contribution in [0.15, 0.2) is 53.5 Å². The average Bonchev–Trinajstić information content (AvgIpc) is 3.37. The Kier molecular flexibility index (Phi) is 5.15. The highest BCUT2D eigenvalue weighted by atomic mass is 16.5. The number of hydrogen-bond acceptors (Lipinski definition) is 9. The maximum absolute atomic E-state index is 10.0. The van der Waals surface area contributed by atoms with Gasteiger partial charge < -0.3 is 19.7 Å². The Morgan fingerprint density at radius 1 is 1.10 bits per heavy atom. The van der Waals surface area contributed by atoms with E-state index in [1.54, 1.807) is 43.1 Å². The zero-order chi connectivity index (χ0) is 21.1. The molecule has 2 N–H and O–H groups in total. The van der Waals surface area contributed by atoms with Crippen LogP contribution in [-0.4, -0.2) is 47.7 Å². The molecule has 0 aromatic carbocycles. The maximum Gasteiger partial charge on any atom is 0.256 e. The molecule has 0 saturated heterocycles. The van der Waals surface area contributed by atoms with E-state index in [2.05, 4.69) is 30.5 Å². The van der Waals surface area contributed by atoms with Crippen LogP contribution in [0.3, 0.4) is 0 Å². The molecule has 154 valence electrons. The molecule has 0 saturated carbocycles. The number of aromatic nitrogens is 6. The maximum atomic E-state index is 10.0. The summed E-state index contributed by atoms with van der Waals surface area (Å²) < 4.78 is 11.8. The molecule has 0 amide bonds. The fraction of sp³-hybridized carbons (Fsp3) is 0.250. The van der Waals surface area contributed by atoms with E-state index >= 15 is 0 Å². The lowest BCUT2D eigenvalue weighted by molar-refractivity contribution is 0.0574. The Balaban J connectivity index is 1.60. The predicted octanol–water partition coefficient (Wildman–Crippen LogP) is 2.91. The smallest absolute Gasteiger partial charge is 0.256 e. The molecule has 0 aliphatic carbocycles. The van der Waals surface area contributed by atoms with Crippen LogP contribution >= 0.6 is 0 Å². The lowest BCUT2D eigenvalue weighted by Crippen LogP contribution is -2.26. The van der Waals surface area contributed by atoms with Gasteiger partial charge in [-0.25, -0.2) is 15.0 Å². The minimum Gasteiger partial charge on any atom is -0.478 e. The van der Waals surface area contributed by atoms with Gasteiger partial charge in [0.2, 0.25) is 5.95 Å². The molecule has 0 aliphatic heterocycles. The molecular weight excluding hydrogens is 386 g/mol. The normalized spacial score (nSPS) is 11.5. The first-order valence-electron chi connectivity index (χ1n) is 9.23. The number of rotatable bonds is 7. The second kappa shape index (κ2) is 7.91. The number of ether oxygens (including phenoxy) is 1. The largest absolute Gasteiger partial charge is 0.478 e. The van der Waals surface area contributed by atoms with E-state index in [0.717, 1.165) is 0 Å². The highest BCUT2D eigenvalue weighted by Gasteiger charge is 2.18. The Morgan fingerprint density at radius 2 is 1.87 bits per heavy atom. The fourth-order valence-corrected chi connectivity index (χ4v) is 2.86. The molecule has 0 unspecified atom stereocenters. The van der Waals surface area contributed by atoms with Crippen LogP contribution in [0.5, 0.6) is 5.88 Å². The molecule has 0 spiro atoms. The van der Waals surface area contributed by atoms with E-state index in [-0.39, 0.29) is 0 Å². The van der Waals surface area contributed by atoms with Gasteiger partial charge in [-0.2, -0.15) is 0 Å². The van der Waals surface area contributed by atoms with Crippen molar-refractivity contribution < 1.29 is 14.4 Å². The van der Waals surface area contributed by atoms with Crippen molar-refractivity contribution in [1.29, 1.82) is 0 Å². The number of nitrogens with one attached hydrogen (secondary N) is 1. The summed E-state index contributed by atoms with van der Waals surface area (Å²) in [5, 5.41) is 21.4. The van der Waals surface area contributed by atoms with E-state index in [0.29, 0.717) is 46.8 Å². The second-order valence-corrected chi connectivity index (χ2v) is 7.25. The standard InChI is InChI=1S/C20H21N7O3/c1-20(2,28)12-27-11-17(18(25-27)29-3)24-19-21-9-7-15(23-19)13-5-4-6-14(22-13)16-8-10-30-26-16/h4-11,28H,12H2,1-3H3,(H,21,23,24). The van der Waals surface area contributed by atoms with Crippen LogP contribution in [0.2, 0.25) is 0 Å². The van der Waals surface area contributed by atoms with E-state index in [1.165, 1.54) is 13.4 Å². The zero-order valence-corrected chi connectivity index (χ0v) is 16.8. The van der Waals surface area contributed by atoms with Gasteiger partial charge in [0.05, 0.1) is 42.5 Å². The summed E-state index contributed by atoms with van der Waals surface area (Å²) in [6, 6.07) is 9.11. The molecule has 0 fully saturated rings. The molecule has 0 bridgehead atoms. The van der Waals surface area contributed by atoms with E-state index in [1.807, 2.05) is 18.2 Å². The highest BCUT2D eigenvalue weighted by molar-refractivity contribution is 5.64. The SMILES string of the molecule is COc1nn(CC(C)(C)O)cc1Nc1nccc(-c2cccc(-c3ccon3)n2)n1. The molecule has 0 aliphatic rings. The average molecular weight is 407 g/mol. The number of nitrogens with zero attached hydrogens (tertiary/aromatic N) is 6. The second-order valence-electron chi connectivity index (χ2n) is 7.25. The highest BCUT2D eigenvalue weighted by Crippen LogP contribution is 2.26. The summed E-state index contributed by atoms with van der Waals surface area (Å²) in [6.45, 7) is 3.73. The zero-order valence-electron chi connectivity index (χ0n) is 16.8. The van der Waals surface area contributed by atoms with E-state index in [9.17, 15) is 5.11 Å². The summed E-state index contributed by atoms with van der Waals surface area (Å²) in [5.74, 6) is 0.738. The van der Waals surface area contributed by atoms with Gasteiger partial charge in [0, 0.05) is 12.3 Å². The van der Waals surface area contributed by atoms with Gasteiger partial charge in [0.15, 0.2) is 0 Å². The van der Waals surface area contributed by atoms with Crippen molar-refractivity contribution in [2.75, 3.05) is 12.4 Å². The number of anilines is 2. The van der Waals surface area contributed by atoms with Crippen molar-refractivity contribution in [3.05, 3.63) is 49.0 Å². The number of pyridine rings is 1. The third-order valence-electron chi connectivity index (χ3n) is 4.08. The lowest BCUT2D eigenvalue weighted by Gasteiger charge is -2.16. The van der Waals surface area contributed by atoms with Gasteiger partial charge in [-0.3, -0.25) is 4.68 Å². The first-order chi connectivity index (χ1) is 14.4. The first-order valence-corrected chi connectivity index (χ1v) is 9.23. The van der Waals surface area contributed by atoms with Crippen molar-refractivity contribution in [3.8, 4) is 28.7 Å². The lowest BCUT2D eigenvalue weighted by atomic mass is 10.1. The molecule has 0 atom stereocenters. The van der Waals surface area contributed by atoms with Gasteiger partial charge in [-0.15, -0.1) is 5.10 Å². The first kappa shape index (κ1) is 19.5. The minimum atomic E-state index is -0.911. The fourth-order valence-electron chi connectivity index (χ4n) is 2.86. The van der Waals surface area contributed by atoms with E-state index < -0.39 is 5.60 Å². The van der Waals surface area contributed by atoms with Gasteiger partial charge >= 0.3 is 0 Å². The van der Waals surface area contributed by atoms with Gasteiger partial charge in [-0.1, -0.05) is 11.2 Å². The Morgan fingerprint density at radius 3 is 2.57 bits per heavy atom. The van der Waals surface area contributed by atoms with Crippen molar-refractivity contribution in [1.82, 2.24) is 29.9 Å². The summed E-state index contributed by atoms with van der Waals surface area (Å²) >= 11 is 0. The molecule has 4 rings (SSSR count). The summed E-state index contributed by atoms with van der Waals surface area (Å²) in [7, 11) is 1.53. The Labute approximate surface area is 172 Å². The predicted molar refractivity (Wildman–Crippen MR) is 109 cm³/mol. The Bertz CT molecular complexity index is 1130. The van der Waals surface area contributed by atoms with Gasteiger partial charge in [-0.05, 0) is 32.0 Å². The van der Waals surface area contributed by atoms with Crippen LogP contribution in [-0.2, 0) is 6.54 Å². The number of hydrogen-bond donors (Lipinski definition) is 2. The third-order valence-corrected chi connectivity index (χ3v) is 4.08. The molecule has 4 heterocycles. The van der Waals surface area contributed by atoms with Crippen molar-refractivity contribution in [3.63, 3.8) is 0 Å². The van der Waals surface area contributed by atoms with Crippen LogP contribution in [0, 0.1) is 0 Å². The molecule has 4 aromatic heterocycles. The minimum absolute atomic E-state index is 0.310. The third kappa shape index (κ3) is 4.44. The molecule has 30 heavy (non-hydrogen) atoms. The van der Waals surface area contributed by atoms with Crippen LogP contribution in [0.1, 0.15) is 13.8 Å². The molecule has 0 radical (unpaired) electrons. The van der Waals surface area contributed by atoms with Crippen LogP contribution < -0.4 is 10.1 Å². The van der Waals surface area contributed by atoms with Crippen LogP contribution in [0.4, 0.5) is 11.6 Å². The quantitative estimate of drug-likeness (QED) is 0.476. The summed E-state index contributed by atoms with van der Waals surface area (Å²) in [5.41, 5.74) is 2.32. The topological polar surface area (TPSA) is 124 Å². The molecule has 10 nitrogen and oxygen atoms in total. The van der Waals surface area contributed by atoms with Crippen molar-refractivity contribution >= 4 is 11.6 Å². The van der Waals surface area contributed by atoms with Crippen molar-refractivity contribution in [2.24, 2.45) is 0 Å². The molecule has 10 heteroatoms. The monoisotopic (exact) mass is 407 g/mol. The molecule has 4 aromatic rings. The van der Waals surface area contributed by atoms with Gasteiger partial charge in [0.1, 0.15) is 17.6 Å². The van der Waals surface area contributed by atoms with Gasteiger partial charge in [0.25, 0.3) is 5.88 Å². The molecular formula is C20H21N7O3. The summed E-state index contributed by atoms with van der Waals surface area (Å²) in [6.07, 6.45) is 4.88. The number of methoxy groups -OCH3 is 1. The Hall–Kier alpha value is -3.79. The van der Waals surface area contributed by atoms with Crippen LogP contribution in [0.25, 0.3) is 22.8 Å². The van der Waals surface area contributed by atoms with Crippen molar-refractivity contribution in [2.45, 2.75) is 26.0 Å². The number of aliphatic hydroxyl groups is 1.